The van der Waals surface area contributed by atoms with Gasteiger partial charge in [0.2, 0.25) is 0 Å². The van der Waals surface area contributed by atoms with E-state index in [1.54, 1.807) is 4.31 Å². The molecule has 0 saturated carbocycles. The minimum absolute atomic E-state index is 0.381. The molecule has 0 bridgehead atoms. The van der Waals surface area contributed by atoms with E-state index >= 15 is 0 Å². The molecule has 1 aliphatic heterocycles. The molecule has 0 aromatic carbocycles. The molecule has 16 heavy (non-hydrogen) atoms. The van der Waals surface area contributed by atoms with Gasteiger partial charge in [-0.2, -0.15) is 4.31 Å². The van der Waals surface area contributed by atoms with Crippen LogP contribution in [0.2, 0.25) is 0 Å². The summed E-state index contributed by atoms with van der Waals surface area (Å²) in [5.74, 6) is 0. The van der Waals surface area contributed by atoms with E-state index in [-0.39, 0.29) is 0 Å². The topological polar surface area (TPSA) is 50.3 Å². The molecule has 0 radical (unpaired) electrons. The highest BCUT2D eigenvalue weighted by Gasteiger charge is 2.26. The van der Waals surface area contributed by atoms with Crippen molar-refractivity contribution in [2.45, 2.75) is 36.8 Å². The van der Waals surface area contributed by atoms with Crippen molar-refractivity contribution in [1.82, 2.24) is 9.29 Å². The average Bonchev–Trinajstić information content (AvgIpc) is 2.54. The number of thiazole rings is 1. The fourth-order valence-electron chi connectivity index (χ4n) is 1.87. The predicted molar refractivity (Wildman–Crippen MR) is 64.1 cm³/mol. The van der Waals surface area contributed by atoms with E-state index in [1.165, 1.54) is 17.5 Å². The Kier molecular flexibility index (Phi) is 3.61. The molecule has 0 aliphatic carbocycles. The van der Waals surface area contributed by atoms with Gasteiger partial charge in [-0.15, -0.1) is 11.3 Å². The highest BCUT2D eigenvalue weighted by Crippen LogP contribution is 2.24. The van der Waals surface area contributed by atoms with Gasteiger partial charge in [0.25, 0.3) is 10.0 Å². The zero-order chi connectivity index (χ0) is 11.6. The Bertz CT molecular complexity index is 445. The number of aryl methyl sites for hydroxylation is 1. The van der Waals surface area contributed by atoms with Crippen molar-refractivity contribution in [2.24, 2.45) is 0 Å². The van der Waals surface area contributed by atoms with Gasteiger partial charge in [-0.05, 0) is 19.8 Å². The van der Waals surface area contributed by atoms with Crippen LogP contribution in [-0.2, 0) is 10.0 Å². The molecule has 6 heteroatoms. The van der Waals surface area contributed by atoms with Crippen LogP contribution < -0.4 is 0 Å². The molecule has 1 saturated heterocycles. The van der Waals surface area contributed by atoms with Gasteiger partial charge >= 0.3 is 0 Å². The molecular weight excluding hydrogens is 244 g/mol. The van der Waals surface area contributed by atoms with Gasteiger partial charge in [0, 0.05) is 13.1 Å². The quantitative estimate of drug-likeness (QED) is 0.817. The molecule has 1 aromatic heterocycles. The monoisotopic (exact) mass is 260 g/mol. The number of hydrogen-bond donors (Lipinski definition) is 0. The van der Waals surface area contributed by atoms with Gasteiger partial charge in [-0.3, -0.25) is 0 Å². The summed E-state index contributed by atoms with van der Waals surface area (Å²) in [6.07, 6.45) is 5.68. The van der Waals surface area contributed by atoms with Gasteiger partial charge < -0.3 is 0 Å². The third kappa shape index (κ3) is 2.44. The van der Waals surface area contributed by atoms with Gasteiger partial charge in [-0.1, -0.05) is 12.8 Å². The van der Waals surface area contributed by atoms with Crippen molar-refractivity contribution in [3.63, 3.8) is 0 Å². The lowest BCUT2D eigenvalue weighted by Crippen LogP contribution is -2.31. The largest absolute Gasteiger partial charge is 0.254 e. The summed E-state index contributed by atoms with van der Waals surface area (Å²) < 4.78 is 26.5. The molecule has 2 heterocycles. The molecule has 1 aromatic rings. The molecule has 1 aliphatic rings. The lowest BCUT2D eigenvalue weighted by atomic mass is 10.2. The van der Waals surface area contributed by atoms with E-state index in [4.69, 9.17) is 0 Å². The first kappa shape index (κ1) is 12.0. The maximum absolute atomic E-state index is 12.2. The summed E-state index contributed by atoms with van der Waals surface area (Å²) in [5, 5.41) is 0.799. The van der Waals surface area contributed by atoms with Crippen LogP contribution in [0.5, 0.6) is 0 Å². The standard InChI is InChI=1S/C10H16N2O2S2/c1-9-11-8-10(15-9)16(13,14)12-6-4-2-3-5-7-12/h8H,2-7H2,1H3. The van der Waals surface area contributed by atoms with Crippen LogP contribution in [0.4, 0.5) is 0 Å². The van der Waals surface area contributed by atoms with Gasteiger partial charge in [0.15, 0.2) is 4.21 Å². The zero-order valence-corrected chi connectivity index (χ0v) is 11.0. The van der Waals surface area contributed by atoms with Crippen molar-refractivity contribution >= 4 is 21.4 Å². The minimum atomic E-state index is -3.28. The van der Waals surface area contributed by atoms with Crippen LogP contribution >= 0.6 is 11.3 Å². The van der Waals surface area contributed by atoms with Crippen molar-refractivity contribution < 1.29 is 8.42 Å². The number of sulfonamides is 1. The lowest BCUT2D eigenvalue weighted by molar-refractivity contribution is 0.425. The first-order chi connectivity index (χ1) is 7.60. The second-order valence-corrected chi connectivity index (χ2v) is 7.42. The molecular formula is C10H16N2O2S2. The second-order valence-electron chi connectivity index (χ2n) is 4.02. The van der Waals surface area contributed by atoms with Crippen molar-refractivity contribution in [3.8, 4) is 0 Å². The summed E-state index contributed by atoms with van der Waals surface area (Å²) >= 11 is 1.25. The average molecular weight is 260 g/mol. The Hall–Kier alpha value is -0.460. The molecule has 1 fully saturated rings. The summed E-state index contributed by atoms with van der Waals surface area (Å²) in [4.78, 5) is 4.01. The highest BCUT2D eigenvalue weighted by molar-refractivity contribution is 7.91. The van der Waals surface area contributed by atoms with E-state index < -0.39 is 10.0 Å². The summed E-state index contributed by atoms with van der Waals surface area (Å²) in [6.45, 7) is 3.13. The fraction of sp³-hybridized carbons (Fsp3) is 0.700. The maximum Gasteiger partial charge on any atom is 0.254 e. The minimum Gasteiger partial charge on any atom is -0.249 e. The molecule has 0 N–H and O–H groups in total. The highest BCUT2D eigenvalue weighted by atomic mass is 32.2. The molecule has 90 valence electrons. The third-order valence-electron chi connectivity index (χ3n) is 2.76. The van der Waals surface area contributed by atoms with E-state index in [0.29, 0.717) is 17.3 Å². The second kappa shape index (κ2) is 4.81. The summed E-state index contributed by atoms with van der Waals surface area (Å²) in [6, 6.07) is 0. The van der Waals surface area contributed by atoms with Gasteiger partial charge in [0.1, 0.15) is 0 Å². The van der Waals surface area contributed by atoms with Crippen LogP contribution in [0.1, 0.15) is 30.7 Å². The number of nitrogens with zero attached hydrogens (tertiary/aromatic N) is 2. The molecule has 0 amide bonds. The van der Waals surface area contributed by atoms with Crippen molar-refractivity contribution in [2.75, 3.05) is 13.1 Å². The molecule has 4 nitrogen and oxygen atoms in total. The number of rotatable bonds is 2. The normalized spacial score (nSPS) is 19.6. The molecule has 0 atom stereocenters. The smallest absolute Gasteiger partial charge is 0.249 e. The SMILES string of the molecule is Cc1ncc(S(=O)(=O)N2CCCCCC2)s1. The van der Waals surface area contributed by atoms with Crippen LogP contribution in [-0.4, -0.2) is 30.8 Å². The van der Waals surface area contributed by atoms with Crippen molar-refractivity contribution in [3.05, 3.63) is 11.2 Å². The fourth-order valence-corrected chi connectivity index (χ4v) is 4.65. The van der Waals surface area contributed by atoms with Crippen LogP contribution in [0, 0.1) is 6.92 Å². The number of hydrogen-bond acceptors (Lipinski definition) is 4. The molecule has 2 rings (SSSR count). The summed E-state index contributed by atoms with van der Waals surface area (Å²) in [7, 11) is -3.28. The Morgan fingerprint density at radius 3 is 2.38 bits per heavy atom. The van der Waals surface area contributed by atoms with Crippen molar-refractivity contribution in [1.29, 1.82) is 0 Å². The predicted octanol–water partition coefficient (Wildman–Crippen LogP) is 2.02. The Labute approximate surface area is 100 Å². The van der Waals surface area contributed by atoms with Gasteiger partial charge in [-0.25, -0.2) is 13.4 Å². The zero-order valence-electron chi connectivity index (χ0n) is 9.35. The third-order valence-corrected chi connectivity index (χ3v) is 6.01. The Balaban J connectivity index is 2.23. The van der Waals surface area contributed by atoms with Crippen LogP contribution in [0.15, 0.2) is 10.4 Å². The van der Waals surface area contributed by atoms with Crippen LogP contribution in [0.25, 0.3) is 0 Å². The van der Waals surface area contributed by atoms with Crippen LogP contribution in [0.3, 0.4) is 0 Å². The first-order valence-corrected chi connectivity index (χ1v) is 7.79. The first-order valence-electron chi connectivity index (χ1n) is 5.53. The molecule has 0 unspecified atom stereocenters. The lowest BCUT2D eigenvalue weighted by Gasteiger charge is -2.18. The Morgan fingerprint density at radius 1 is 1.25 bits per heavy atom. The van der Waals surface area contributed by atoms with E-state index in [9.17, 15) is 8.42 Å². The number of aromatic nitrogens is 1. The summed E-state index contributed by atoms with van der Waals surface area (Å²) in [5.41, 5.74) is 0. The molecule has 0 spiro atoms. The van der Waals surface area contributed by atoms with E-state index in [2.05, 4.69) is 4.98 Å². The van der Waals surface area contributed by atoms with E-state index in [1.807, 2.05) is 6.92 Å². The maximum atomic E-state index is 12.2. The van der Waals surface area contributed by atoms with E-state index in [0.717, 1.165) is 30.7 Å². The van der Waals surface area contributed by atoms with Gasteiger partial charge in [0.05, 0.1) is 11.2 Å². The Morgan fingerprint density at radius 2 is 1.88 bits per heavy atom.